The zero-order valence-corrected chi connectivity index (χ0v) is 60.0. The largest absolute Gasteiger partial charge is 0.392 e. The molecule has 1 N–H and O–H groups in total. The van der Waals surface area contributed by atoms with Crippen molar-refractivity contribution in [1.82, 2.24) is 82.4 Å². The summed E-state index contributed by atoms with van der Waals surface area (Å²) in [4.78, 5) is 48.0. The predicted molar refractivity (Wildman–Crippen MR) is 381 cm³/mol. The molecule has 488 valence electrons. The SMILES string of the molecule is CCC[CH2][Sn]([CH2]CCC)([CH2]CCC)[c]1cscn1.Cn1ccc(Cn2ncc3c4ccc(CCl)cc4n(C)c3c2=O)n1.Cn1ccc(Cn2ncc3c4ccc(CO)cc4n(C)c3c2=O)n1.Cn1ccc(Cn2ncc3c4ccc(Cc5cscn5)cc4n(C)c3c2=O)n1. The summed E-state index contributed by atoms with van der Waals surface area (Å²) in [6, 6.07) is 23.6. The maximum Gasteiger partial charge on any atom is 0.291 e. The molecule has 0 fully saturated rings. The van der Waals surface area contributed by atoms with Gasteiger partial charge in [0.05, 0.1) is 73.1 Å². The second kappa shape index (κ2) is 29.9. The molecule has 0 amide bonds. The summed E-state index contributed by atoms with van der Waals surface area (Å²) in [6.45, 7) is 8.00. The number of fused-ring (bicyclic) bond motifs is 9. The number of benzene rings is 3. The molecular weight excluding hydrogens is 1350 g/mol. The molecule has 25 heteroatoms. The standard InChI is InChI=1S/C20H18N6OS.C17H16ClN5O.C17H17N5O2.3C4H9.C3H2NS.Sn/c1-24-6-5-14(23-24)10-26-20(27)19-17(9-22-26)16-4-3-13(8-18(16)25(19)2)7-15-11-28-12-21-15;1-21-6-5-12(20-21)10-23-17(24)16-14(9-19-23)13-4-3-11(8-18)7-15(13)22(16)2;1-20-6-5-12(19-20)9-22-17(24)16-14(8-18-22)13-4-3-11(10-23)7-15(13)21(16)2;3*1-3-4-2;1-2-5-3-4-1;/h3-6,8-9,11-12H,7,10H2,1-2H3;3-7,9H,8,10H2,1-2H3;3-8,23H,9-10H2,1-2H3;3*1,3-4H2,2H3;2-3H;. The molecule has 0 aliphatic carbocycles. The van der Waals surface area contributed by atoms with E-state index in [0.29, 0.717) is 42.1 Å². The van der Waals surface area contributed by atoms with Crippen LogP contribution in [0.2, 0.25) is 13.3 Å². The van der Waals surface area contributed by atoms with Crippen molar-refractivity contribution in [3.05, 3.63) is 202 Å². The van der Waals surface area contributed by atoms with Gasteiger partial charge in [-0.3, -0.25) is 28.4 Å². The topological polar surface area (TPSA) is 219 Å². The van der Waals surface area contributed by atoms with E-state index in [-0.39, 0.29) is 23.3 Å². The second-order valence-corrected chi connectivity index (χ2v) is 39.0. The Morgan fingerprint density at radius 2 is 0.851 bits per heavy atom. The quantitative estimate of drug-likeness (QED) is 0.0556. The van der Waals surface area contributed by atoms with Crippen molar-refractivity contribution in [2.45, 2.75) is 111 Å². The number of unbranched alkanes of at least 4 members (excludes halogenated alkanes) is 3. The van der Waals surface area contributed by atoms with E-state index in [4.69, 9.17) is 16.6 Å². The fourth-order valence-corrected chi connectivity index (χ4v) is 31.2. The normalized spacial score (nSPS) is 11.7. The van der Waals surface area contributed by atoms with E-state index in [1.165, 1.54) is 71.4 Å². The Morgan fingerprint density at radius 3 is 1.20 bits per heavy atom. The van der Waals surface area contributed by atoms with Gasteiger partial charge in [-0.25, -0.2) is 19.0 Å². The monoisotopic (exact) mass is 1430 g/mol. The van der Waals surface area contributed by atoms with Gasteiger partial charge in [0, 0.05) is 127 Å². The molecule has 11 heterocycles. The molecule has 0 saturated carbocycles. The third-order valence-electron chi connectivity index (χ3n) is 17.7. The molecule has 21 nitrogen and oxygen atoms in total. The molecule has 0 saturated heterocycles. The molecule has 0 aliphatic heterocycles. The predicted octanol–water partition coefficient (Wildman–Crippen LogP) is 11.5. The van der Waals surface area contributed by atoms with E-state index in [1.54, 1.807) is 47.7 Å². The number of aliphatic hydroxyl groups excluding tert-OH is 1. The number of halogens is 1. The van der Waals surface area contributed by atoms with Crippen LogP contribution in [0.1, 0.15) is 98.8 Å². The fraction of sp³-hybridized carbons (Fsp3) is 0.348. The molecule has 3 aromatic carbocycles. The van der Waals surface area contributed by atoms with Gasteiger partial charge in [0.1, 0.15) is 16.6 Å². The first-order chi connectivity index (χ1) is 45.5. The average molecular weight is 1430 g/mol. The minimum absolute atomic E-state index is 0.0282. The molecular formula is C69H80ClN17O4S2Sn. The fourth-order valence-electron chi connectivity index (χ4n) is 12.7. The second-order valence-electron chi connectivity index (χ2n) is 24.2. The van der Waals surface area contributed by atoms with Crippen molar-refractivity contribution < 1.29 is 5.11 Å². The Morgan fingerprint density at radius 1 is 0.468 bits per heavy atom. The molecule has 0 unspecified atom stereocenters. The van der Waals surface area contributed by atoms with Crippen molar-refractivity contribution in [1.29, 1.82) is 0 Å². The Bertz CT molecular complexity index is 4900. The van der Waals surface area contributed by atoms with Crippen LogP contribution in [0, 0.1) is 0 Å². The molecule has 0 bridgehead atoms. The first kappa shape index (κ1) is 67.1. The molecule has 11 aromatic heterocycles. The van der Waals surface area contributed by atoms with Crippen molar-refractivity contribution in [2.75, 3.05) is 0 Å². The third kappa shape index (κ3) is 14.3. The molecule has 14 rings (SSSR count). The number of rotatable bonds is 20. The van der Waals surface area contributed by atoms with Gasteiger partial charge in [0.15, 0.2) is 0 Å². The van der Waals surface area contributed by atoms with Gasteiger partial charge >= 0.3 is 122 Å². The number of hydrogen-bond donors (Lipinski definition) is 1. The van der Waals surface area contributed by atoms with Crippen molar-refractivity contribution in [3.8, 4) is 0 Å². The molecule has 0 spiro atoms. The zero-order valence-electron chi connectivity index (χ0n) is 54.8. The first-order valence-corrected chi connectivity index (χ1v) is 41.7. The van der Waals surface area contributed by atoms with Gasteiger partial charge < -0.3 is 18.8 Å². The molecule has 94 heavy (non-hydrogen) atoms. The number of nitrogens with zero attached hydrogens (tertiary/aromatic N) is 17. The summed E-state index contributed by atoms with van der Waals surface area (Å²) in [5, 5.41) is 45.3. The molecule has 0 radical (unpaired) electrons. The number of alkyl halides is 1. The molecule has 0 atom stereocenters. The van der Waals surface area contributed by atoms with E-state index in [2.05, 4.69) is 90.8 Å². The van der Waals surface area contributed by atoms with Crippen molar-refractivity contribution in [3.63, 3.8) is 0 Å². The third-order valence-corrected chi connectivity index (χ3v) is 34.9. The van der Waals surface area contributed by atoms with Crippen LogP contribution in [0.15, 0.2) is 146 Å². The Hall–Kier alpha value is -8.36. The summed E-state index contributed by atoms with van der Waals surface area (Å²) >= 11 is 7.21. The van der Waals surface area contributed by atoms with Crippen molar-refractivity contribution >= 4 is 122 Å². The van der Waals surface area contributed by atoms with Crippen LogP contribution in [-0.4, -0.2) is 106 Å². The van der Waals surface area contributed by atoms with E-state index in [0.717, 1.165) is 89.2 Å². The van der Waals surface area contributed by atoms with E-state index < -0.39 is 18.4 Å². The Labute approximate surface area is 561 Å². The number of hydrogen-bond acceptors (Lipinski definition) is 14. The van der Waals surface area contributed by atoms with Gasteiger partial charge in [0.2, 0.25) is 0 Å². The maximum atomic E-state index is 13.1. The van der Waals surface area contributed by atoms with E-state index in [9.17, 15) is 19.5 Å². The van der Waals surface area contributed by atoms with Gasteiger partial charge in [-0.15, -0.1) is 22.9 Å². The summed E-state index contributed by atoms with van der Waals surface area (Å²) in [5.74, 6) is 0.444. The van der Waals surface area contributed by atoms with Gasteiger partial charge in [0.25, 0.3) is 16.7 Å². The molecule has 14 aromatic rings. The van der Waals surface area contributed by atoms with Gasteiger partial charge in [-0.2, -0.15) is 30.6 Å². The number of aromatic nitrogens is 17. The number of aliphatic hydroxyl groups is 1. The van der Waals surface area contributed by atoms with E-state index in [1.807, 2.05) is 146 Å². The molecule has 0 aliphatic rings. The summed E-state index contributed by atoms with van der Waals surface area (Å²) in [5.41, 5.74) is 14.8. The number of aryl methyl sites for hydroxylation is 6. The van der Waals surface area contributed by atoms with Crippen LogP contribution >= 0.6 is 34.3 Å². The zero-order chi connectivity index (χ0) is 66.2. The summed E-state index contributed by atoms with van der Waals surface area (Å²) in [6.07, 6.45) is 19.9. The minimum atomic E-state index is -2.13. The number of thiazole rings is 2. The van der Waals surface area contributed by atoms with Crippen molar-refractivity contribution in [2.24, 2.45) is 42.3 Å². The summed E-state index contributed by atoms with van der Waals surface area (Å²) < 4.78 is 21.4. The van der Waals surface area contributed by atoms with Gasteiger partial charge in [-0.1, -0.05) is 36.4 Å². The van der Waals surface area contributed by atoms with E-state index >= 15 is 0 Å². The summed E-state index contributed by atoms with van der Waals surface area (Å²) in [7, 11) is 11.2. The van der Waals surface area contributed by atoms with Crippen LogP contribution < -0.4 is 20.4 Å². The van der Waals surface area contributed by atoms with Crippen LogP contribution in [0.25, 0.3) is 65.4 Å². The minimum Gasteiger partial charge on any atom is -0.392 e. The first-order valence-electron chi connectivity index (χ1n) is 31.8. The Kier molecular flexibility index (Phi) is 21.4. The smallest absolute Gasteiger partial charge is 0.291 e. The van der Waals surface area contributed by atoms with Crippen LogP contribution in [0.3, 0.4) is 0 Å². The van der Waals surface area contributed by atoms with Crippen LogP contribution in [0.4, 0.5) is 0 Å². The van der Waals surface area contributed by atoms with Crippen LogP contribution in [0.5, 0.6) is 0 Å². The van der Waals surface area contributed by atoms with Gasteiger partial charge in [-0.05, 0) is 53.1 Å². The Balaban J connectivity index is 0.000000129. The average Bonchev–Trinajstić information content (AvgIpc) is 1.62. The maximum absolute atomic E-state index is 13.1. The van der Waals surface area contributed by atoms with Crippen LogP contribution in [-0.2, 0) is 80.8 Å².